The molecule has 0 saturated carbocycles. The average molecular weight is 497 g/mol. The second kappa shape index (κ2) is 11.3. The van der Waals surface area contributed by atoms with Crippen LogP contribution >= 0.6 is 0 Å². The SMILES string of the molecule is CCOc1ccc(S(=O)(=O)N(CC)CC)cc1NC(=O)/C=C/c1c(C)nn(-c2ccccc2)c1C. The first-order valence-electron chi connectivity index (χ1n) is 11.6. The molecule has 0 unspecified atom stereocenters. The molecule has 0 aliphatic rings. The second-order valence-electron chi connectivity index (χ2n) is 7.83. The highest BCUT2D eigenvalue weighted by Gasteiger charge is 2.23. The smallest absolute Gasteiger partial charge is 0.248 e. The Kier molecular flexibility index (Phi) is 8.48. The van der Waals surface area contributed by atoms with Crippen LogP contribution in [0.25, 0.3) is 11.8 Å². The lowest BCUT2D eigenvalue weighted by atomic mass is 10.2. The first kappa shape index (κ1) is 26.2. The molecule has 0 spiro atoms. The standard InChI is InChI=1S/C26H32N4O4S/c1-6-29(7-2)35(32,33)22-14-16-25(34-8-3)24(18-22)27-26(31)17-15-23-19(4)28-30(20(23)5)21-12-10-9-11-13-21/h9-18H,6-8H2,1-5H3,(H,27,31)/b17-15+. The van der Waals surface area contributed by atoms with Crippen molar-refractivity contribution in [3.8, 4) is 11.4 Å². The number of anilines is 1. The van der Waals surface area contributed by atoms with Crippen LogP contribution in [0.2, 0.25) is 0 Å². The predicted octanol–water partition coefficient (Wildman–Crippen LogP) is 4.57. The number of rotatable bonds is 10. The highest BCUT2D eigenvalue weighted by Crippen LogP contribution is 2.29. The molecule has 3 rings (SSSR count). The van der Waals surface area contributed by atoms with Crippen LogP contribution < -0.4 is 10.1 Å². The lowest BCUT2D eigenvalue weighted by Crippen LogP contribution is -2.30. The molecule has 0 atom stereocenters. The summed E-state index contributed by atoms with van der Waals surface area (Å²) in [4.78, 5) is 12.9. The number of hydrogen-bond acceptors (Lipinski definition) is 5. The molecule has 0 saturated heterocycles. The fourth-order valence-electron chi connectivity index (χ4n) is 3.81. The molecule has 0 fully saturated rings. The van der Waals surface area contributed by atoms with E-state index >= 15 is 0 Å². The van der Waals surface area contributed by atoms with Crippen LogP contribution in [0.15, 0.2) is 59.5 Å². The molecule has 0 aliphatic heterocycles. The Bertz CT molecular complexity index is 1310. The molecule has 1 amide bonds. The van der Waals surface area contributed by atoms with E-state index in [1.807, 2.05) is 55.8 Å². The topological polar surface area (TPSA) is 93.5 Å². The highest BCUT2D eigenvalue weighted by molar-refractivity contribution is 7.89. The van der Waals surface area contributed by atoms with Crippen molar-refractivity contribution >= 4 is 27.7 Å². The third-order valence-corrected chi connectivity index (χ3v) is 7.65. The minimum absolute atomic E-state index is 0.0970. The lowest BCUT2D eigenvalue weighted by molar-refractivity contribution is -0.111. The molecule has 9 heteroatoms. The monoisotopic (exact) mass is 496 g/mol. The third kappa shape index (κ3) is 5.80. The van der Waals surface area contributed by atoms with Crippen LogP contribution in [0.1, 0.15) is 37.7 Å². The number of para-hydroxylation sites is 1. The maximum atomic E-state index is 13.0. The Morgan fingerprint density at radius 3 is 2.40 bits per heavy atom. The van der Waals surface area contributed by atoms with Crippen LogP contribution in [0, 0.1) is 13.8 Å². The van der Waals surface area contributed by atoms with Crippen molar-refractivity contribution in [1.82, 2.24) is 14.1 Å². The largest absolute Gasteiger partial charge is 0.492 e. The van der Waals surface area contributed by atoms with E-state index in [0.29, 0.717) is 31.1 Å². The first-order valence-corrected chi connectivity index (χ1v) is 13.0. The van der Waals surface area contributed by atoms with Crippen LogP contribution in [0.5, 0.6) is 5.75 Å². The Labute approximate surface area is 207 Å². The van der Waals surface area contributed by atoms with E-state index in [-0.39, 0.29) is 4.90 Å². The van der Waals surface area contributed by atoms with Crippen molar-refractivity contribution in [2.75, 3.05) is 25.0 Å². The summed E-state index contributed by atoms with van der Waals surface area (Å²) in [5, 5.41) is 7.36. The van der Waals surface area contributed by atoms with Crippen molar-refractivity contribution in [2.24, 2.45) is 0 Å². The van der Waals surface area contributed by atoms with Gasteiger partial charge >= 0.3 is 0 Å². The van der Waals surface area contributed by atoms with E-state index in [2.05, 4.69) is 10.4 Å². The number of sulfonamides is 1. The molecule has 35 heavy (non-hydrogen) atoms. The molecule has 0 radical (unpaired) electrons. The Morgan fingerprint density at radius 1 is 1.09 bits per heavy atom. The molecular weight excluding hydrogens is 464 g/mol. The summed E-state index contributed by atoms with van der Waals surface area (Å²) >= 11 is 0. The number of nitrogens with one attached hydrogen (secondary N) is 1. The molecule has 3 aromatic rings. The van der Waals surface area contributed by atoms with E-state index < -0.39 is 15.9 Å². The van der Waals surface area contributed by atoms with Gasteiger partial charge in [0, 0.05) is 30.4 Å². The van der Waals surface area contributed by atoms with E-state index in [1.54, 1.807) is 26.0 Å². The number of aromatic nitrogens is 2. The average Bonchev–Trinajstić information content (AvgIpc) is 3.13. The van der Waals surface area contributed by atoms with Gasteiger partial charge in [0.15, 0.2) is 0 Å². The Hall–Kier alpha value is -3.43. The summed E-state index contributed by atoms with van der Waals surface area (Å²) in [7, 11) is -3.68. The van der Waals surface area contributed by atoms with Crippen molar-refractivity contribution in [2.45, 2.75) is 39.5 Å². The quantitative estimate of drug-likeness (QED) is 0.415. The number of amides is 1. The summed E-state index contributed by atoms with van der Waals surface area (Å²) < 4.78 is 34.7. The summed E-state index contributed by atoms with van der Waals surface area (Å²) in [6.07, 6.45) is 3.12. The molecule has 0 aliphatic carbocycles. The maximum Gasteiger partial charge on any atom is 0.248 e. The zero-order valence-corrected chi connectivity index (χ0v) is 21.6. The number of hydrogen-bond donors (Lipinski definition) is 1. The third-order valence-electron chi connectivity index (χ3n) is 5.60. The first-order chi connectivity index (χ1) is 16.7. The molecule has 186 valence electrons. The molecule has 1 heterocycles. The van der Waals surface area contributed by atoms with Crippen molar-refractivity contribution in [1.29, 1.82) is 0 Å². The van der Waals surface area contributed by atoms with Crippen LogP contribution in [0.3, 0.4) is 0 Å². The van der Waals surface area contributed by atoms with Gasteiger partial charge in [-0.05, 0) is 57.2 Å². The number of carbonyl (C=O) groups excluding carboxylic acids is 1. The van der Waals surface area contributed by atoms with Gasteiger partial charge in [-0.1, -0.05) is 32.0 Å². The number of nitrogens with zero attached hydrogens (tertiary/aromatic N) is 3. The number of ether oxygens (including phenoxy) is 1. The minimum Gasteiger partial charge on any atom is -0.492 e. The van der Waals surface area contributed by atoms with E-state index in [0.717, 1.165) is 22.6 Å². The minimum atomic E-state index is -3.68. The number of carbonyl (C=O) groups is 1. The summed E-state index contributed by atoms with van der Waals surface area (Å²) in [5.74, 6) is -0.00777. The summed E-state index contributed by atoms with van der Waals surface area (Å²) in [6, 6.07) is 14.3. The fourth-order valence-corrected chi connectivity index (χ4v) is 5.30. The normalized spacial score (nSPS) is 11.8. The van der Waals surface area contributed by atoms with Gasteiger partial charge in [0.05, 0.1) is 28.6 Å². The Balaban J connectivity index is 1.88. The highest BCUT2D eigenvalue weighted by atomic mass is 32.2. The molecule has 2 aromatic carbocycles. The van der Waals surface area contributed by atoms with Gasteiger partial charge in [-0.15, -0.1) is 0 Å². The molecule has 1 N–H and O–H groups in total. The van der Waals surface area contributed by atoms with Gasteiger partial charge in [-0.3, -0.25) is 4.79 Å². The van der Waals surface area contributed by atoms with Gasteiger partial charge in [-0.2, -0.15) is 9.40 Å². The fraction of sp³-hybridized carbons (Fsp3) is 0.308. The van der Waals surface area contributed by atoms with Crippen LogP contribution in [-0.2, 0) is 14.8 Å². The van der Waals surface area contributed by atoms with Crippen LogP contribution in [0.4, 0.5) is 5.69 Å². The second-order valence-corrected chi connectivity index (χ2v) is 9.77. The molecule has 8 nitrogen and oxygen atoms in total. The van der Waals surface area contributed by atoms with Gasteiger partial charge in [0.1, 0.15) is 5.75 Å². The van der Waals surface area contributed by atoms with E-state index in [9.17, 15) is 13.2 Å². The molecular formula is C26H32N4O4S. The van der Waals surface area contributed by atoms with Crippen LogP contribution in [-0.4, -0.2) is 48.1 Å². The lowest BCUT2D eigenvalue weighted by Gasteiger charge is -2.19. The Morgan fingerprint density at radius 2 is 1.77 bits per heavy atom. The van der Waals surface area contributed by atoms with Crippen molar-refractivity contribution < 1.29 is 17.9 Å². The van der Waals surface area contributed by atoms with E-state index in [4.69, 9.17) is 4.74 Å². The van der Waals surface area contributed by atoms with Gasteiger partial charge in [-0.25, -0.2) is 13.1 Å². The molecule has 0 bridgehead atoms. The zero-order valence-electron chi connectivity index (χ0n) is 20.8. The number of benzene rings is 2. The summed E-state index contributed by atoms with van der Waals surface area (Å²) in [5.41, 5.74) is 3.76. The van der Waals surface area contributed by atoms with Gasteiger partial charge in [0.2, 0.25) is 15.9 Å². The molecule has 1 aromatic heterocycles. The van der Waals surface area contributed by atoms with Crippen molar-refractivity contribution in [3.63, 3.8) is 0 Å². The predicted molar refractivity (Wildman–Crippen MR) is 138 cm³/mol. The van der Waals surface area contributed by atoms with E-state index in [1.165, 1.54) is 22.5 Å². The van der Waals surface area contributed by atoms with Crippen molar-refractivity contribution in [3.05, 3.63) is 71.6 Å². The zero-order chi connectivity index (χ0) is 25.6. The summed E-state index contributed by atoms with van der Waals surface area (Å²) in [6.45, 7) is 10.3. The van der Waals surface area contributed by atoms with Gasteiger partial charge in [0.25, 0.3) is 0 Å². The van der Waals surface area contributed by atoms with Gasteiger partial charge < -0.3 is 10.1 Å². The maximum absolute atomic E-state index is 13.0. The number of aryl methyl sites for hydroxylation is 1.